The predicted octanol–water partition coefficient (Wildman–Crippen LogP) is 2.94. The van der Waals surface area contributed by atoms with Crippen molar-refractivity contribution >= 4 is 38.3 Å². The summed E-state index contributed by atoms with van der Waals surface area (Å²) in [5.41, 5.74) is -0.133. The van der Waals surface area contributed by atoms with Crippen molar-refractivity contribution in [1.29, 1.82) is 0 Å². The second kappa shape index (κ2) is 3.16. The van der Waals surface area contributed by atoms with Crippen molar-refractivity contribution in [3.8, 4) is 0 Å². The molecule has 0 aliphatic rings. The van der Waals surface area contributed by atoms with Gasteiger partial charge in [-0.15, -0.1) is 0 Å². The van der Waals surface area contributed by atoms with Gasteiger partial charge in [0.15, 0.2) is 0 Å². The Kier molecular flexibility index (Phi) is 2.14. The van der Waals surface area contributed by atoms with Crippen molar-refractivity contribution in [3.05, 3.63) is 44.2 Å². The maximum atomic E-state index is 11.4. The zero-order valence-electron chi connectivity index (χ0n) is 6.47. The molecule has 0 unspecified atom stereocenters. The van der Waals surface area contributed by atoms with Crippen LogP contribution in [0.2, 0.25) is 5.02 Å². The van der Waals surface area contributed by atoms with Crippen LogP contribution in [0.4, 0.5) is 0 Å². The molecule has 0 atom stereocenters. The first-order chi connectivity index (χ1) is 6.20. The molecule has 1 N–H and O–H groups in total. The van der Waals surface area contributed by atoms with E-state index in [2.05, 4.69) is 20.9 Å². The third kappa shape index (κ3) is 1.38. The molecular formula is C9H5BrClNO. The van der Waals surface area contributed by atoms with Crippen LogP contribution in [-0.2, 0) is 0 Å². The minimum atomic E-state index is -0.133. The second-order valence-electron chi connectivity index (χ2n) is 2.63. The van der Waals surface area contributed by atoms with E-state index in [0.29, 0.717) is 10.4 Å². The highest BCUT2D eigenvalue weighted by Crippen LogP contribution is 2.25. The van der Waals surface area contributed by atoms with E-state index in [1.807, 2.05) is 18.2 Å². The van der Waals surface area contributed by atoms with Crippen molar-refractivity contribution in [1.82, 2.24) is 4.98 Å². The number of hydrogen-bond acceptors (Lipinski definition) is 1. The highest BCUT2D eigenvalue weighted by atomic mass is 79.9. The molecule has 0 spiro atoms. The number of H-pyrrole nitrogens is 1. The first-order valence-corrected chi connectivity index (χ1v) is 4.82. The van der Waals surface area contributed by atoms with Gasteiger partial charge in [-0.05, 0) is 22.0 Å². The average Bonchev–Trinajstić information content (AvgIpc) is 2.12. The van der Waals surface area contributed by atoms with Crippen LogP contribution in [0.5, 0.6) is 0 Å². The minimum absolute atomic E-state index is 0.133. The summed E-state index contributed by atoms with van der Waals surface area (Å²) in [5.74, 6) is 0. The van der Waals surface area contributed by atoms with Gasteiger partial charge < -0.3 is 4.98 Å². The molecule has 13 heavy (non-hydrogen) atoms. The zero-order valence-corrected chi connectivity index (χ0v) is 8.82. The van der Waals surface area contributed by atoms with Crippen molar-refractivity contribution in [2.24, 2.45) is 0 Å². The van der Waals surface area contributed by atoms with Crippen LogP contribution in [0.3, 0.4) is 0 Å². The van der Waals surface area contributed by atoms with Gasteiger partial charge in [-0.3, -0.25) is 4.79 Å². The molecular weight excluding hydrogens is 253 g/mol. The molecule has 0 aliphatic heterocycles. The van der Waals surface area contributed by atoms with Gasteiger partial charge in [0.1, 0.15) is 0 Å². The van der Waals surface area contributed by atoms with E-state index in [9.17, 15) is 4.79 Å². The number of nitrogens with one attached hydrogen (secondary N) is 1. The van der Waals surface area contributed by atoms with E-state index < -0.39 is 0 Å². The lowest BCUT2D eigenvalue weighted by atomic mass is 10.2. The Balaban J connectivity index is 3.09. The maximum absolute atomic E-state index is 11.4. The van der Waals surface area contributed by atoms with E-state index >= 15 is 0 Å². The van der Waals surface area contributed by atoms with Crippen LogP contribution in [0.25, 0.3) is 10.8 Å². The summed E-state index contributed by atoms with van der Waals surface area (Å²) in [6, 6.07) is 5.48. The molecule has 0 saturated carbocycles. The molecule has 0 bridgehead atoms. The maximum Gasteiger partial charge on any atom is 0.257 e. The molecule has 0 saturated heterocycles. The van der Waals surface area contributed by atoms with Crippen LogP contribution in [0.1, 0.15) is 0 Å². The number of fused-ring (bicyclic) bond motifs is 1. The van der Waals surface area contributed by atoms with E-state index in [1.165, 1.54) is 6.20 Å². The largest absolute Gasteiger partial charge is 0.327 e. The van der Waals surface area contributed by atoms with Crippen molar-refractivity contribution in [2.75, 3.05) is 0 Å². The van der Waals surface area contributed by atoms with Crippen molar-refractivity contribution in [2.45, 2.75) is 0 Å². The number of hydrogen-bond donors (Lipinski definition) is 1. The molecule has 1 aromatic heterocycles. The molecule has 2 rings (SSSR count). The highest BCUT2D eigenvalue weighted by molar-refractivity contribution is 9.10. The SMILES string of the molecule is O=c1[nH]cc(Cl)c2cccc(Br)c12. The lowest BCUT2D eigenvalue weighted by molar-refractivity contribution is 1.27. The Morgan fingerprint density at radius 3 is 2.85 bits per heavy atom. The summed E-state index contributed by atoms with van der Waals surface area (Å²) >= 11 is 9.21. The normalized spacial score (nSPS) is 10.6. The molecule has 1 aromatic carbocycles. The highest BCUT2D eigenvalue weighted by Gasteiger charge is 2.05. The lowest BCUT2D eigenvalue weighted by Gasteiger charge is -2.00. The fourth-order valence-corrected chi connectivity index (χ4v) is 1.99. The summed E-state index contributed by atoms with van der Waals surface area (Å²) < 4.78 is 0.758. The second-order valence-corrected chi connectivity index (χ2v) is 3.89. The van der Waals surface area contributed by atoms with Gasteiger partial charge >= 0.3 is 0 Å². The van der Waals surface area contributed by atoms with E-state index in [4.69, 9.17) is 11.6 Å². The number of rotatable bonds is 0. The quantitative estimate of drug-likeness (QED) is 0.774. The van der Waals surface area contributed by atoms with Crippen LogP contribution in [0, 0.1) is 0 Å². The average molecular weight is 259 g/mol. The molecule has 0 radical (unpaired) electrons. The van der Waals surface area contributed by atoms with Crippen LogP contribution >= 0.6 is 27.5 Å². The van der Waals surface area contributed by atoms with Crippen molar-refractivity contribution < 1.29 is 0 Å². The van der Waals surface area contributed by atoms with Gasteiger partial charge in [0.25, 0.3) is 5.56 Å². The van der Waals surface area contributed by atoms with Crippen LogP contribution in [0.15, 0.2) is 33.7 Å². The summed E-state index contributed by atoms with van der Waals surface area (Å²) in [6.45, 7) is 0. The smallest absolute Gasteiger partial charge is 0.257 e. The summed E-state index contributed by atoms with van der Waals surface area (Å²) in [7, 11) is 0. The van der Waals surface area contributed by atoms with Gasteiger partial charge in [-0.25, -0.2) is 0 Å². The topological polar surface area (TPSA) is 32.9 Å². The monoisotopic (exact) mass is 257 g/mol. The van der Waals surface area contributed by atoms with Gasteiger partial charge in [0.05, 0.1) is 10.4 Å². The van der Waals surface area contributed by atoms with Crippen LogP contribution in [-0.4, -0.2) is 4.98 Å². The van der Waals surface area contributed by atoms with Crippen LogP contribution < -0.4 is 5.56 Å². The Bertz CT molecular complexity index is 520. The fraction of sp³-hybridized carbons (Fsp3) is 0. The van der Waals surface area contributed by atoms with Gasteiger partial charge in [-0.1, -0.05) is 23.7 Å². The lowest BCUT2D eigenvalue weighted by Crippen LogP contribution is -2.05. The van der Waals surface area contributed by atoms with Gasteiger partial charge in [0, 0.05) is 16.1 Å². The minimum Gasteiger partial charge on any atom is -0.327 e. The molecule has 0 fully saturated rings. The fourth-order valence-electron chi connectivity index (χ4n) is 1.23. The molecule has 4 heteroatoms. The Morgan fingerprint density at radius 2 is 2.15 bits per heavy atom. The van der Waals surface area contributed by atoms with E-state index in [-0.39, 0.29) is 5.56 Å². The molecule has 0 amide bonds. The third-order valence-electron chi connectivity index (χ3n) is 1.83. The van der Waals surface area contributed by atoms with E-state index in [0.717, 1.165) is 9.86 Å². The molecule has 0 aliphatic carbocycles. The standard InChI is InChI=1S/C9H5BrClNO/c10-6-3-1-2-5-7(11)4-12-9(13)8(5)6/h1-4H,(H,12,13). The zero-order chi connectivity index (χ0) is 9.42. The third-order valence-corrected chi connectivity index (χ3v) is 2.80. The number of aromatic nitrogens is 1. The van der Waals surface area contributed by atoms with Gasteiger partial charge in [0.2, 0.25) is 0 Å². The summed E-state index contributed by atoms with van der Waals surface area (Å²) in [4.78, 5) is 14.0. The molecule has 1 heterocycles. The Hall–Kier alpha value is -0.800. The van der Waals surface area contributed by atoms with E-state index in [1.54, 1.807) is 0 Å². The molecule has 66 valence electrons. The first kappa shape index (κ1) is 8.78. The molecule has 2 nitrogen and oxygen atoms in total. The number of pyridine rings is 1. The number of aromatic amines is 1. The predicted molar refractivity (Wildman–Crippen MR) is 57.3 cm³/mol. The van der Waals surface area contributed by atoms with Crippen molar-refractivity contribution in [3.63, 3.8) is 0 Å². The first-order valence-electron chi connectivity index (χ1n) is 3.65. The summed E-state index contributed by atoms with van der Waals surface area (Å²) in [5, 5.41) is 1.91. The number of benzene rings is 1. The Labute approximate surface area is 87.7 Å². The number of halogens is 2. The Morgan fingerprint density at radius 1 is 1.38 bits per heavy atom. The molecule has 2 aromatic rings. The van der Waals surface area contributed by atoms with Gasteiger partial charge in [-0.2, -0.15) is 0 Å². The summed E-state index contributed by atoms with van der Waals surface area (Å²) in [6.07, 6.45) is 1.50.